The number of aromatic nitrogens is 1. The zero-order valence-corrected chi connectivity index (χ0v) is 9.80. The smallest absolute Gasteiger partial charge is 0.354 e. The molecule has 0 bridgehead atoms. The van der Waals surface area contributed by atoms with Crippen molar-refractivity contribution >= 4 is 0 Å². The van der Waals surface area contributed by atoms with E-state index < -0.39 is 12.6 Å². The fraction of sp³-hybridized carbons (Fsp3) is 0.667. The van der Waals surface area contributed by atoms with E-state index in [0.717, 1.165) is 5.56 Å². The number of nitrogens with one attached hydrogen (secondary N) is 1. The van der Waals surface area contributed by atoms with Crippen molar-refractivity contribution in [3.8, 4) is 0 Å². The molecule has 0 spiro atoms. The molecule has 0 aromatic carbocycles. The van der Waals surface area contributed by atoms with Gasteiger partial charge in [-0.15, -0.1) is 0 Å². The number of alkyl halides is 3. The lowest BCUT2D eigenvalue weighted by atomic mass is 10.1. The average Bonchev–Trinajstić information content (AvgIpc) is 2.95. The van der Waals surface area contributed by atoms with Crippen molar-refractivity contribution in [1.29, 1.82) is 0 Å². The Morgan fingerprint density at radius 1 is 1.47 bits per heavy atom. The number of halogens is 3. The zero-order valence-electron chi connectivity index (χ0n) is 9.80. The van der Waals surface area contributed by atoms with Crippen LogP contribution in [-0.2, 0) is 6.54 Å². The van der Waals surface area contributed by atoms with Crippen LogP contribution in [0, 0.1) is 5.92 Å². The van der Waals surface area contributed by atoms with Crippen LogP contribution in [0.4, 0.5) is 13.2 Å². The summed E-state index contributed by atoms with van der Waals surface area (Å²) in [6.45, 7) is 0.00456. The zero-order chi connectivity index (χ0) is 12.5. The molecule has 1 aliphatic carbocycles. The number of rotatable bonds is 5. The van der Waals surface area contributed by atoms with E-state index in [1.54, 1.807) is 10.8 Å². The SMILES string of the molecule is CNC(c1ccn(CCC(F)(F)F)c1)C1CC1. The summed E-state index contributed by atoms with van der Waals surface area (Å²) in [6.07, 6.45) is 1.12. The second kappa shape index (κ2) is 4.72. The molecule has 1 unspecified atom stereocenters. The fourth-order valence-electron chi connectivity index (χ4n) is 2.14. The molecule has 1 aromatic heterocycles. The molecule has 1 N–H and O–H groups in total. The summed E-state index contributed by atoms with van der Waals surface area (Å²) >= 11 is 0. The second-order valence-corrected chi connectivity index (χ2v) is 4.65. The monoisotopic (exact) mass is 246 g/mol. The van der Waals surface area contributed by atoms with Crippen LogP contribution in [0.5, 0.6) is 0 Å². The Bertz CT molecular complexity index is 366. The fourth-order valence-corrected chi connectivity index (χ4v) is 2.14. The van der Waals surface area contributed by atoms with Gasteiger partial charge in [-0.1, -0.05) is 0 Å². The topological polar surface area (TPSA) is 17.0 Å². The Morgan fingerprint density at radius 2 is 2.18 bits per heavy atom. The van der Waals surface area contributed by atoms with Gasteiger partial charge in [0.15, 0.2) is 0 Å². The first-order chi connectivity index (χ1) is 7.99. The Kier molecular flexibility index (Phi) is 3.47. The standard InChI is InChI=1S/C12H17F3N2/c1-16-11(9-2-3-9)10-4-6-17(8-10)7-5-12(13,14)15/h4,6,8-9,11,16H,2-3,5,7H2,1H3. The maximum Gasteiger partial charge on any atom is 0.390 e. The minimum Gasteiger partial charge on any atom is -0.354 e. The minimum absolute atomic E-state index is 0.00456. The summed E-state index contributed by atoms with van der Waals surface area (Å²) in [6, 6.07) is 2.21. The lowest BCUT2D eigenvalue weighted by Gasteiger charge is -2.13. The van der Waals surface area contributed by atoms with Crippen molar-refractivity contribution in [3.63, 3.8) is 0 Å². The predicted octanol–water partition coefficient (Wildman–Crippen LogP) is 3.11. The summed E-state index contributed by atoms with van der Waals surface area (Å²) < 4.78 is 37.9. The predicted molar refractivity (Wildman–Crippen MR) is 59.6 cm³/mol. The third-order valence-electron chi connectivity index (χ3n) is 3.19. The van der Waals surface area contributed by atoms with Gasteiger partial charge in [0.2, 0.25) is 0 Å². The van der Waals surface area contributed by atoms with E-state index in [4.69, 9.17) is 0 Å². The van der Waals surface area contributed by atoms with Gasteiger partial charge >= 0.3 is 6.18 Å². The van der Waals surface area contributed by atoms with Crippen LogP contribution in [0.15, 0.2) is 18.5 Å². The maximum absolute atomic E-state index is 12.1. The largest absolute Gasteiger partial charge is 0.390 e. The van der Waals surface area contributed by atoms with E-state index in [0.29, 0.717) is 12.0 Å². The molecule has 2 rings (SSSR count). The van der Waals surface area contributed by atoms with Crippen LogP contribution >= 0.6 is 0 Å². The van der Waals surface area contributed by atoms with Crippen molar-refractivity contribution in [1.82, 2.24) is 9.88 Å². The molecule has 2 nitrogen and oxygen atoms in total. The molecular weight excluding hydrogens is 229 g/mol. The normalized spacial score (nSPS) is 18.4. The first kappa shape index (κ1) is 12.5. The van der Waals surface area contributed by atoms with Crippen LogP contribution < -0.4 is 5.32 Å². The molecule has 1 fully saturated rings. The van der Waals surface area contributed by atoms with Crippen molar-refractivity contribution < 1.29 is 13.2 Å². The molecule has 17 heavy (non-hydrogen) atoms. The van der Waals surface area contributed by atoms with Gasteiger partial charge < -0.3 is 9.88 Å². The summed E-state index contributed by atoms with van der Waals surface area (Å²) in [5, 5.41) is 3.23. The number of nitrogens with zero attached hydrogens (tertiary/aromatic N) is 1. The number of aryl methyl sites for hydroxylation is 1. The van der Waals surface area contributed by atoms with Crippen LogP contribution in [0.1, 0.15) is 30.9 Å². The van der Waals surface area contributed by atoms with Gasteiger partial charge in [-0.3, -0.25) is 0 Å². The van der Waals surface area contributed by atoms with Gasteiger partial charge in [0.25, 0.3) is 0 Å². The second-order valence-electron chi connectivity index (χ2n) is 4.65. The van der Waals surface area contributed by atoms with Crippen LogP contribution in [0.2, 0.25) is 0 Å². The third kappa shape index (κ3) is 3.49. The summed E-state index contributed by atoms with van der Waals surface area (Å²) in [4.78, 5) is 0. The van der Waals surface area contributed by atoms with Gasteiger partial charge in [-0.2, -0.15) is 13.2 Å². The van der Waals surface area contributed by atoms with E-state index in [-0.39, 0.29) is 6.54 Å². The van der Waals surface area contributed by atoms with Crippen LogP contribution in [-0.4, -0.2) is 17.8 Å². The molecule has 0 amide bonds. The number of hydrogen-bond acceptors (Lipinski definition) is 1. The van der Waals surface area contributed by atoms with Gasteiger partial charge in [-0.05, 0) is 37.4 Å². The molecule has 5 heteroatoms. The Balaban J connectivity index is 1.95. The molecule has 0 aliphatic heterocycles. The molecule has 96 valence electrons. The van der Waals surface area contributed by atoms with Crippen LogP contribution in [0.25, 0.3) is 0 Å². The molecule has 1 heterocycles. The van der Waals surface area contributed by atoms with E-state index in [1.807, 2.05) is 19.3 Å². The molecule has 1 aliphatic rings. The summed E-state index contributed by atoms with van der Waals surface area (Å²) in [5.41, 5.74) is 1.09. The van der Waals surface area contributed by atoms with Crippen molar-refractivity contribution in [2.75, 3.05) is 7.05 Å². The maximum atomic E-state index is 12.1. The van der Waals surface area contributed by atoms with Crippen molar-refractivity contribution in [2.24, 2.45) is 5.92 Å². The summed E-state index contributed by atoms with van der Waals surface area (Å²) in [7, 11) is 1.90. The number of hydrogen-bond donors (Lipinski definition) is 1. The van der Waals surface area contributed by atoms with Crippen molar-refractivity contribution in [3.05, 3.63) is 24.0 Å². The minimum atomic E-state index is -4.08. The molecule has 1 aromatic rings. The van der Waals surface area contributed by atoms with Crippen molar-refractivity contribution in [2.45, 2.75) is 38.0 Å². The Morgan fingerprint density at radius 3 is 2.71 bits per heavy atom. The van der Waals surface area contributed by atoms with Gasteiger partial charge in [0.05, 0.1) is 6.42 Å². The molecule has 0 radical (unpaired) electrons. The summed E-state index contributed by atoms with van der Waals surface area (Å²) in [5.74, 6) is 0.651. The molecule has 0 saturated heterocycles. The highest BCUT2D eigenvalue weighted by atomic mass is 19.4. The highest BCUT2D eigenvalue weighted by Gasteiger charge is 2.32. The Labute approximate surface area is 98.8 Å². The van der Waals surface area contributed by atoms with E-state index >= 15 is 0 Å². The van der Waals surface area contributed by atoms with Crippen LogP contribution in [0.3, 0.4) is 0 Å². The first-order valence-corrected chi connectivity index (χ1v) is 5.89. The van der Waals surface area contributed by atoms with Gasteiger partial charge in [0, 0.05) is 25.0 Å². The highest BCUT2D eigenvalue weighted by molar-refractivity contribution is 5.18. The Hall–Kier alpha value is -0.970. The molecule has 1 atom stereocenters. The van der Waals surface area contributed by atoms with Gasteiger partial charge in [0.1, 0.15) is 0 Å². The lowest BCUT2D eigenvalue weighted by molar-refractivity contribution is -0.136. The van der Waals surface area contributed by atoms with E-state index in [2.05, 4.69) is 5.32 Å². The van der Waals surface area contributed by atoms with Gasteiger partial charge in [-0.25, -0.2) is 0 Å². The molecular formula is C12H17F3N2. The quantitative estimate of drug-likeness (QED) is 0.844. The average molecular weight is 246 g/mol. The third-order valence-corrected chi connectivity index (χ3v) is 3.19. The van der Waals surface area contributed by atoms with E-state index in [1.165, 1.54) is 12.8 Å². The lowest BCUT2D eigenvalue weighted by Crippen LogP contribution is -2.17. The highest BCUT2D eigenvalue weighted by Crippen LogP contribution is 2.40. The first-order valence-electron chi connectivity index (χ1n) is 5.89. The van der Waals surface area contributed by atoms with E-state index in [9.17, 15) is 13.2 Å². The molecule has 1 saturated carbocycles.